The summed E-state index contributed by atoms with van der Waals surface area (Å²) in [6.07, 6.45) is 0.930. The summed E-state index contributed by atoms with van der Waals surface area (Å²) < 4.78 is 12.8. The van der Waals surface area contributed by atoms with E-state index in [2.05, 4.69) is 10.6 Å². The largest absolute Gasteiger partial charge is 0.356 e. The fraction of sp³-hybridized carbons (Fsp3) is 0.529. The van der Waals surface area contributed by atoms with Gasteiger partial charge in [-0.2, -0.15) is 0 Å². The SMILES string of the molecule is CC(NC(=O)CCCNC(=O)C(C)(C)C)c1ccc(F)cc1. The molecule has 0 heterocycles. The quantitative estimate of drug-likeness (QED) is 0.794. The summed E-state index contributed by atoms with van der Waals surface area (Å²) in [5.41, 5.74) is 0.440. The Morgan fingerprint density at radius 2 is 1.77 bits per heavy atom. The number of rotatable bonds is 6. The average Bonchev–Trinajstić information content (AvgIpc) is 2.42. The molecule has 0 fully saturated rings. The van der Waals surface area contributed by atoms with Crippen molar-refractivity contribution < 1.29 is 14.0 Å². The van der Waals surface area contributed by atoms with Gasteiger partial charge >= 0.3 is 0 Å². The highest BCUT2D eigenvalue weighted by atomic mass is 19.1. The van der Waals surface area contributed by atoms with E-state index in [0.717, 1.165) is 5.56 Å². The normalized spacial score (nSPS) is 12.6. The van der Waals surface area contributed by atoms with Crippen LogP contribution in [-0.4, -0.2) is 18.4 Å². The summed E-state index contributed by atoms with van der Waals surface area (Å²) >= 11 is 0. The summed E-state index contributed by atoms with van der Waals surface area (Å²) in [6, 6.07) is 5.89. The number of hydrogen-bond donors (Lipinski definition) is 2. The van der Waals surface area contributed by atoms with Gasteiger partial charge in [-0.05, 0) is 31.0 Å². The van der Waals surface area contributed by atoms with Gasteiger partial charge in [0.05, 0.1) is 6.04 Å². The van der Waals surface area contributed by atoms with Crippen LogP contribution in [0.15, 0.2) is 24.3 Å². The van der Waals surface area contributed by atoms with Crippen molar-refractivity contribution in [2.75, 3.05) is 6.54 Å². The maximum absolute atomic E-state index is 12.8. The van der Waals surface area contributed by atoms with Gasteiger partial charge in [-0.25, -0.2) is 4.39 Å². The molecule has 0 bridgehead atoms. The molecule has 1 atom stereocenters. The number of hydrogen-bond acceptors (Lipinski definition) is 2. The first-order chi connectivity index (χ1) is 10.2. The Labute approximate surface area is 131 Å². The fourth-order valence-corrected chi connectivity index (χ4v) is 1.86. The Morgan fingerprint density at radius 1 is 1.18 bits per heavy atom. The minimum absolute atomic E-state index is 0.0208. The lowest BCUT2D eigenvalue weighted by Gasteiger charge is -2.18. The lowest BCUT2D eigenvalue weighted by Crippen LogP contribution is -2.36. The average molecular weight is 308 g/mol. The molecule has 0 aliphatic carbocycles. The molecule has 0 aromatic heterocycles. The van der Waals surface area contributed by atoms with Crippen molar-refractivity contribution in [2.45, 2.75) is 46.6 Å². The first kappa shape index (κ1) is 18.1. The number of nitrogens with one attached hydrogen (secondary N) is 2. The summed E-state index contributed by atoms with van der Waals surface area (Å²) in [6.45, 7) is 7.87. The highest BCUT2D eigenvalue weighted by Gasteiger charge is 2.20. The number of halogens is 1. The Balaban J connectivity index is 2.29. The highest BCUT2D eigenvalue weighted by Crippen LogP contribution is 2.13. The second-order valence-corrected chi connectivity index (χ2v) is 6.45. The molecular formula is C17H25FN2O2. The molecule has 4 nitrogen and oxygen atoms in total. The maximum atomic E-state index is 12.8. The molecule has 1 unspecified atom stereocenters. The van der Waals surface area contributed by atoms with E-state index >= 15 is 0 Å². The van der Waals surface area contributed by atoms with Crippen LogP contribution in [0.4, 0.5) is 4.39 Å². The lowest BCUT2D eigenvalue weighted by molar-refractivity contribution is -0.128. The van der Waals surface area contributed by atoms with Crippen LogP contribution in [0.25, 0.3) is 0 Å². The zero-order chi connectivity index (χ0) is 16.8. The van der Waals surface area contributed by atoms with E-state index in [-0.39, 0.29) is 23.7 Å². The van der Waals surface area contributed by atoms with Crippen LogP contribution >= 0.6 is 0 Å². The monoisotopic (exact) mass is 308 g/mol. The summed E-state index contributed by atoms with van der Waals surface area (Å²) in [5.74, 6) is -0.397. The molecule has 1 rings (SSSR count). The van der Waals surface area contributed by atoms with Crippen LogP contribution in [0.2, 0.25) is 0 Å². The van der Waals surface area contributed by atoms with Gasteiger partial charge in [0.25, 0.3) is 0 Å². The van der Waals surface area contributed by atoms with Crippen molar-refractivity contribution in [3.8, 4) is 0 Å². The molecule has 2 amide bonds. The third kappa shape index (κ3) is 6.24. The molecule has 122 valence electrons. The van der Waals surface area contributed by atoms with Crippen molar-refractivity contribution >= 4 is 11.8 Å². The minimum Gasteiger partial charge on any atom is -0.356 e. The van der Waals surface area contributed by atoms with Crippen LogP contribution < -0.4 is 10.6 Å². The lowest BCUT2D eigenvalue weighted by atomic mass is 9.96. The molecule has 1 aromatic carbocycles. The molecule has 22 heavy (non-hydrogen) atoms. The summed E-state index contributed by atoms with van der Waals surface area (Å²) in [5, 5.41) is 5.67. The van der Waals surface area contributed by atoms with Crippen LogP contribution in [0.1, 0.15) is 52.1 Å². The molecule has 0 saturated carbocycles. The Bertz CT molecular complexity index is 506. The molecule has 2 N–H and O–H groups in total. The summed E-state index contributed by atoms with van der Waals surface area (Å²) in [4.78, 5) is 23.5. The Hall–Kier alpha value is -1.91. The predicted octanol–water partition coefficient (Wildman–Crippen LogP) is 2.95. The van der Waals surface area contributed by atoms with Crippen molar-refractivity contribution in [1.82, 2.24) is 10.6 Å². The van der Waals surface area contributed by atoms with Gasteiger partial charge < -0.3 is 10.6 Å². The first-order valence-corrected chi connectivity index (χ1v) is 7.53. The van der Waals surface area contributed by atoms with Crippen molar-refractivity contribution in [3.63, 3.8) is 0 Å². The van der Waals surface area contributed by atoms with Crippen LogP contribution in [0, 0.1) is 11.2 Å². The smallest absolute Gasteiger partial charge is 0.225 e. The van der Waals surface area contributed by atoms with Crippen molar-refractivity contribution in [2.24, 2.45) is 5.41 Å². The second-order valence-electron chi connectivity index (χ2n) is 6.45. The number of benzene rings is 1. The number of carbonyl (C=O) groups is 2. The van der Waals surface area contributed by atoms with E-state index in [4.69, 9.17) is 0 Å². The number of carbonyl (C=O) groups excluding carboxylic acids is 2. The van der Waals surface area contributed by atoms with Gasteiger partial charge in [0.15, 0.2) is 0 Å². The van der Waals surface area contributed by atoms with Crippen molar-refractivity contribution in [3.05, 3.63) is 35.6 Å². The molecular weight excluding hydrogens is 283 g/mol. The van der Waals surface area contributed by atoms with Gasteiger partial charge in [0, 0.05) is 18.4 Å². The van der Waals surface area contributed by atoms with Gasteiger partial charge in [0.2, 0.25) is 11.8 Å². The van der Waals surface area contributed by atoms with Crippen LogP contribution in [-0.2, 0) is 9.59 Å². The Kier molecular flexibility index (Phi) is 6.53. The van der Waals surface area contributed by atoms with Gasteiger partial charge in [-0.3, -0.25) is 9.59 Å². The molecule has 0 radical (unpaired) electrons. The molecule has 5 heteroatoms. The zero-order valence-corrected chi connectivity index (χ0v) is 13.7. The van der Waals surface area contributed by atoms with Crippen molar-refractivity contribution in [1.29, 1.82) is 0 Å². The van der Waals surface area contributed by atoms with E-state index in [1.807, 2.05) is 27.7 Å². The van der Waals surface area contributed by atoms with Gasteiger partial charge in [0.1, 0.15) is 5.82 Å². The van der Waals surface area contributed by atoms with Crippen LogP contribution in [0.3, 0.4) is 0 Å². The minimum atomic E-state index is -0.417. The number of amides is 2. The third-order valence-corrected chi connectivity index (χ3v) is 3.29. The Morgan fingerprint density at radius 3 is 2.32 bits per heavy atom. The third-order valence-electron chi connectivity index (χ3n) is 3.29. The molecule has 0 spiro atoms. The van der Waals surface area contributed by atoms with E-state index in [9.17, 15) is 14.0 Å². The molecule has 0 aliphatic heterocycles. The summed E-state index contributed by atoms with van der Waals surface area (Å²) in [7, 11) is 0. The van der Waals surface area contributed by atoms with Gasteiger partial charge in [-0.1, -0.05) is 32.9 Å². The van der Waals surface area contributed by atoms with E-state index < -0.39 is 5.41 Å². The highest BCUT2D eigenvalue weighted by molar-refractivity contribution is 5.81. The van der Waals surface area contributed by atoms with Gasteiger partial charge in [-0.15, -0.1) is 0 Å². The zero-order valence-electron chi connectivity index (χ0n) is 13.7. The van der Waals surface area contributed by atoms with E-state index in [0.29, 0.717) is 19.4 Å². The van der Waals surface area contributed by atoms with E-state index in [1.165, 1.54) is 12.1 Å². The predicted molar refractivity (Wildman–Crippen MR) is 84.7 cm³/mol. The van der Waals surface area contributed by atoms with Crippen LogP contribution in [0.5, 0.6) is 0 Å². The maximum Gasteiger partial charge on any atom is 0.225 e. The fourth-order valence-electron chi connectivity index (χ4n) is 1.86. The first-order valence-electron chi connectivity index (χ1n) is 7.53. The molecule has 0 saturated heterocycles. The second kappa shape index (κ2) is 7.92. The topological polar surface area (TPSA) is 58.2 Å². The molecule has 0 aliphatic rings. The molecule has 1 aromatic rings. The standard InChI is InChI=1S/C17H25FN2O2/c1-12(13-7-9-14(18)10-8-13)20-15(21)6-5-11-19-16(22)17(2,3)4/h7-10,12H,5-6,11H2,1-4H3,(H,19,22)(H,20,21). The van der Waals surface area contributed by atoms with E-state index in [1.54, 1.807) is 12.1 Å².